The van der Waals surface area contributed by atoms with Gasteiger partial charge >= 0.3 is 0 Å². The first-order valence-electron chi connectivity index (χ1n) is 9.32. The number of anilines is 2. The molecule has 1 aliphatic rings. The molecule has 2 aromatic heterocycles. The number of hydrogen-bond donors (Lipinski definition) is 1. The van der Waals surface area contributed by atoms with Crippen molar-refractivity contribution in [3.05, 3.63) is 47.0 Å². The lowest BCUT2D eigenvalue weighted by atomic mass is 10.1. The van der Waals surface area contributed by atoms with Gasteiger partial charge in [0.25, 0.3) is 0 Å². The van der Waals surface area contributed by atoms with Crippen molar-refractivity contribution < 1.29 is 9.59 Å². The molecule has 4 aromatic rings. The Hall–Kier alpha value is -2.84. The van der Waals surface area contributed by atoms with E-state index in [1.165, 1.54) is 11.3 Å². The highest BCUT2D eigenvalue weighted by Crippen LogP contribution is 2.32. The molecular formula is C21H18N4O2S2. The highest BCUT2D eigenvalue weighted by atomic mass is 32.1. The van der Waals surface area contributed by atoms with Gasteiger partial charge in [-0.3, -0.25) is 9.59 Å². The second kappa shape index (κ2) is 6.89. The van der Waals surface area contributed by atoms with Gasteiger partial charge in [0, 0.05) is 18.7 Å². The first kappa shape index (κ1) is 18.2. The van der Waals surface area contributed by atoms with E-state index in [9.17, 15) is 9.59 Å². The molecule has 6 nitrogen and oxygen atoms in total. The Morgan fingerprint density at radius 3 is 2.83 bits per heavy atom. The molecule has 8 heteroatoms. The van der Waals surface area contributed by atoms with Crippen LogP contribution in [-0.2, 0) is 9.59 Å². The molecule has 1 fully saturated rings. The zero-order valence-electron chi connectivity index (χ0n) is 15.9. The van der Waals surface area contributed by atoms with Crippen LogP contribution in [0.15, 0.2) is 36.4 Å². The lowest BCUT2D eigenvalue weighted by molar-refractivity contribution is -0.122. The van der Waals surface area contributed by atoms with E-state index in [0.29, 0.717) is 11.7 Å². The lowest BCUT2D eigenvalue weighted by Crippen LogP contribution is -2.28. The number of rotatable bonds is 3. The van der Waals surface area contributed by atoms with Crippen molar-refractivity contribution in [1.82, 2.24) is 9.97 Å². The number of amides is 2. The van der Waals surface area contributed by atoms with E-state index in [1.54, 1.807) is 16.2 Å². The third-order valence-electron chi connectivity index (χ3n) is 5.14. The number of thiazole rings is 2. The van der Waals surface area contributed by atoms with Crippen LogP contribution in [0.4, 0.5) is 10.8 Å². The molecule has 1 saturated heterocycles. The van der Waals surface area contributed by atoms with Gasteiger partial charge in [-0.2, -0.15) is 0 Å². The molecule has 146 valence electrons. The van der Waals surface area contributed by atoms with Gasteiger partial charge in [0.2, 0.25) is 11.8 Å². The molecule has 1 N–H and O–H groups in total. The predicted molar refractivity (Wildman–Crippen MR) is 118 cm³/mol. The SMILES string of the molecule is Cc1nc2cc(N3CC(C(=O)Nc4nc5c(C)cccc5s4)CC3=O)ccc2s1. The molecule has 1 aliphatic heterocycles. The number of fused-ring (bicyclic) bond motifs is 2. The van der Waals surface area contributed by atoms with E-state index in [2.05, 4.69) is 15.3 Å². The van der Waals surface area contributed by atoms with Crippen molar-refractivity contribution in [2.45, 2.75) is 20.3 Å². The Morgan fingerprint density at radius 1 is 1.14 bits per heavy atom. The molecule has 0 saturated carbocycles. The fourth-order valence-electron chi connectivity index (χ4n) is 3.68. The maximum atomic E-state index is 12.8. The second-order valence-electron chi connectivity index (χ2n) is 7.22. The van der Waals surface area contributed by atoms with E-state index in [0.717, 1.165) is 36.7 Å². The number of hydrogen-bond acceptors (Lipinski definition) is 6. The Labute approximate surface area is 175 Å². The summed E-state index contributed by atoms with van der Waals surface area (Å²) < 4.78 is 2.13. The first-order valence-corrected chi connectivity index (χ1v) is 11.0. The molecule has 5 rings (SSSR count). The smallest absolute Gasteiger partial charge is 0.231 e. The Morgan fingerprint density at radius 2 is 2.00 bits per heavy atom. The summed E-state index contributed by atoms with van der Waals surface area (Å²) in [5.74, 6) is -0.608. The highest BCUT2D eigenvalue weighted by molar-refractivity contribution is 7.22. The first-order chi connectivity index (χ1) is 14.0. The summed E-state index contributed by atoms with van der Waals surface area (Å²) in [5, 5.41) is 4.47. The number of nitrogens with zero attached hydrogens (tertiary/aromatic N) is 3. The van der Waals surface area contributed by atoms with Gasteiger partial charge in [-0.15, -0.1) is 11.3 Å². The van der Waals surface area contributed by atoms with E-state index in [-0.39, 0.29) is 18.2 Å². The summed E-state index contributed by atoms with van der Waals surface area (Å²) in [4.78, 5) is 36.1. The summed E-state index contributed by atoms with van der Waals surface area (Å²) in [6.07, 6.45) is 0.198. The summed E-state index contributed by atoms with van der Waals surface area (Å²) in [7, 11) is 0. The van der Waals surface area contributed by atoms with Gasteiger partial charge in [-0.25, -0.2) is 9.97 Å². The molecule has 0 radical (unpaired) electrons. The fourth-order valence-corrected chi connectivity index (χ4v) is 5.43. The number of aromatic nitrogens is 2. The van der Waals surface area contributed by atoms with Crippen LogP contribution in [-0.4, -0.2) is 28.3 Å². The number of carbonyl (C=O) groups excluding carboxylic acids is 2. The van der Waals surface area contributed by atoms with Crippen molar-refractivity contribution >= 4 is 65.7 Å². The van der Waals surface area contributed by atoms with Gasteiger partial charge in [0.15, 0.2) is 5.13 Å². The van der Waals surface area contributed by atoms with Crippen molar-refractivity contribution in [1.29, 1.82) is 0 Å². The second-order valence-corrected chi connectivity index (χ2v) is 9.49. The molecule has 2 amide bonds. The van der Waals surface area contributed by atoms with Crippen molar-refractivity contribution in [3.63, 3.8) is 0 Å². The predicted octanol–water partition coefficient (Wildman–Crippen LogP) is 4.51. The molecule has 1 unspecified atom stereocenters. The highest BCUT2D eigenvalue weighted by Gasteiger charge is 2.35. The zero-order valence-corrected chi connectivity index (χ0v) is 17.6. The molecule has 2 aromatic carbocycles. The quantitative estimate of drug-likeness (QED) is 0.527. The molecular weight excluding hydrogens is 404 g/mol. The van der Waals surface area contributed by atoms with Crippen LogP contribution in [0.1, 0.15) is 17.0 Å². The zero-order chi connectivity index (χ0) is 20.1. The normalized spacial score (nSPS) is 16.8. The molecule has 29 heavy (non-hydrogen) atoms. The Bertz CT molecular complexity index is 1280. The van der Waals surface area contributed by atoms with Crippen LogP contribution in [0, 0.1) is 19.8 Å². The van der Waals surface area contributed by atoms with Gasteiger partial charge in [-0.1, -0.05) is 23.5 Å². The van der Waals surface area contributed by atoms with Crippen LogP contribution >= 0.6 is 22.7 Å². The molecule has 0 spiro atoms. The van der Waals surface area contributed by atoms with E-state index in [4.69, 9.17) is 0 Å². The molecule has 1 atom stereocenters. The van der Waals surface area contributed by atoms with E-state index >= 15 is 0 Å². The van der Waals surface area contributed by atoms with Gasteiger partial charge < -0.3 is 10.2 Å². The van der Waals surface area contributed by atoms with Gasteiger partial charge in [-0.05, 0) is 43.7 Å². The lowest BCUT2D eigenvalue weighted by Gasteiger charge is -2.16. The standard InChI is InChI=1S/C21H18N4O2S2/c1-11-4-3-5-17-19(11)23-21(29-17)24-20(27)13-8-18(26)25(10-13)14-6-7-16-15(9-14)22-12(2)28-16/h3-7,9,13H,8,10H2,1-2H3,(H,23,24,27). The minimum Gasteiger partial charge on any atom is -0.312 e. The Balaban J connectivity index is 1.34. The third kappa shape index (κ3) is 3.28. The fraction of sp³-hybridized carbons (Fsp3) is 0.238. The van der Waals surface area contributed by atoms with Gasteiger partial charge in [0.05, 0.1) is 31.4 Å². The van der Waals surface area contributed by atoms with E-state index < -0.39 is 5.92 Å². The topological polar surface area (TPSA) is 75.2 Å². The number of para-hydroxylation sites is 1. The van der Waals surface area contributed by atoms with Crippen LogP contribution in [0.2, 0.25) is 0 Å². The average Bonchev–Trinajstić information content (AvgIpc) is 3.37. The maximum absolute atomic E-state index is 12.8. The number of carbonyl (C=O) groups is 2. The monoisotopic (exact) mass is 422 g/mol. The molecule has 0 bridgehead atoms. The van der Waals surface area contributed by atoms with Crippen LogP contribution in [0.25, 0.3) is 20.4 Å². The minimum atomic E-state index is -0.400. The Kier molecular flexibility index (Phi) is 4.33. The number of aryl methyl sites for hydroxylation is 2. The third-order valence-corrected chi connectivity index (χ3v) is 7.02. The van der Waals surface area contributed by atoms with Crippen LogP contribution in [0.3, 0.4) is 0 Å². The average molecular weight is 423 g/mol. The number of nitrogens with one attached hydrogen (secondary N) is 1. The maximum Gasteiger partial charge on any atom is 0.231 e. The summed E-state index contributed by atoms with van der Waals surface area (Å²) in [5.41, 5.74) is 3.66. The van der Waals surface area contributed by atoms with Crippen molar-refractivity contribution in [2.24, 2.45) is 5.92 Å². The largest absolute Gasteiger partial charge is 0.312 e. The summed E-state index contributed by atoms with van der Waals surface area (Å²) in [6.45, 7) is 4.33. The van der Waals surface area contributed by atoms with Gasteiger partial charge in [0.1, 0.15) is 0 Å². The van der Waals surface area contributed by atoms with Crippen LogP contribution < -0.4 is 10.2 Å². The van der Waals surface area contributed by atoms with E-state index in [1.807, 2.05) is 50.2 Å². The summed E-state index contributed by atoms with van der Waals surface area (Å²) in [6, 6.07) is 11.8. The van der Waals surface area contributed by atoms with Crippen molar-refractivity contribution in [2.75, 3.05) is 16.8 Å². The van der Waals surface area contributed by atoms with Crippen molar-refractivity contribution in [3.8, 4) is 0 Å². The minimum absolute atomic E-state index is 0.0448. The van der Waals surface area contributed by atoms with Crippen LogP contribution in [0.5, 0.6) is 0 Å². The number of benzene rings is 2. The summed E-state index contributed by atoms with van der Waals surface area (Å²) >= 11 is 3.08. The molecule has 0 aliphatic carbocycles. The molecule has 3 heterocycles.